The van der Waals surface area contributed by atoms with Crippen LogP contribution in [0.4, 0.5) is 5.69 Å². The highest BCUT2D eigenvalue weighted by Gasteiger charge is 2.19. The molecule has 0 saturated heterocycles. The molecule has 0 unspecified atom stereocenters. The van der Waals surface area contributed by atoms with Crippen LogP contribution in [0.5, 0.6) is 0 Å². The Morgan fingerprint density at radius 1 is 1.00 bits per heavy atom. The topological polar surface area (TPSA) is 72.5 Å². The average molecular weight is 408 g/mol. The van der Waals surface area contributed by atoms with Crippen LogP contribution in [-0.4, -0.2) is 23.8 Å². The van der Waals surface area contributed by atoms with Crippen LogP contribution in [0, 0.1) is 0 Å². The first-order valence-corrected chi connectivity index (χ1v) is 9.16. The number of ketones is 1. The summed E-state index contributed by atoms with van der Waals surface area (Å²) in [5, 5.41) is 3.42. The number of carbonyl (C=O) groups excluding carboxylic acids is 3. The summed E-state index contributed by atoms with van der Waals surface area (Å²) in [6.45, 7) is 1.53. The van der Waals surface area contributed by atoms with Crippen LogP contribution < -0.4 is 5.32 Å². The van der Waals surface area contributed by atoms with Crippen LogP contribution in [0.2, 0.25) is 10.0 Å². The van der Waals surface area contributed by atoms with Crippen molar-refractivity contribution < 1.29 is 19.1 Å². The van der Waals surface area contributed by atoms with Gasteiger partial charge in [0, 0.05) is 24.1 Å². The summed E-state index contributed by atoms with van der Waals surface area (Å²) in [5.41, 5.74) is 1.01. The molecule has 2 rings (SSSR count). The normalized spacial score (nSPS) is 11.5. The first-order valence-electron chi connectivity index (χ1n) is 8.40. The van der Waals surface area contributed by atoms with Crippen molar-refractivity contribution in [1.29, 1.82) is 0 Å². The molecule has 0 radical (unpaired) electrons. The molecule has 2 aromatic rings. The molecule has 0 aliphatic carbocycles. The molecule has 0 aromatic heterocycles. The van der Waals surface area contributed by atoms with Crippen molar-refractivity contribution in [3.63, 3.8) is 0 Å². The van der Waals surface area contributed by atoms with E-state index in [1.165, 1.54) is 6.92 Å². The van der Waals surface area contributed by atoms with E-state index in [0.717, 1.165) is 0 Å². The third kappa shape index (κ3) is 6.70. The van der Waals surface area contributed by atoms with E-state index in [4.69, 9.17) is 27.9 Å². The van der Waals surface area contributed by atoms with Gasteiger partial charge in [0.2, 0.25) is 11.7 Å². The Balaban J connectivity index is 1.72. The summed E-state index contributed by atoms with van der Waals surface area (Å²) >= 11 is 11.7. The molecule has 1 N–H and O–H groups in total. The molecule has 7 heteroatoms. The van der Waals surface area contributed by atoms with E-state index < -0.39 is 12.1 Å². The van der Waals surface area contributed by atoms with Gasteiger partial charge in [0.25, 0.3) is 0 Å². The quantitative estimate of drug-likeness (QED) is 0.497. The number of Topliss-reactive ketones (excluding diaryl/α,β-unsaturated/α-hetero) is 1. The lowest BCUT2D eigenvalue weighted by molar-refractivity contribution is -0.146. The zero-order valence-corrected chi connectivity index (χ0v) is 16.2. The van der Waals surface area contributed by atoms with Crippen LogP contribution in [-0.2, 0) is 14.3 Å². The summed E-state index contributed by atoms with van der Waals surface area (Å²) in [4.78, 5) is 35.9. The standard InChI is InChI=1S/C20H19Cl2NO4/c1-13(20(26)14-6-3-2-4-7-14)27-19(25)9-5-8-18(24)23-15-10-11-16(21)17(22)12-15/h2-4,6-7,10-13H,5,8-9H2,1H3,(H,23,24)/t13-/m1/s1. The summed E-state index contributed by atoms with van der Waals surface area (Å²) in [7, 11) is 0. The van der Waals surface area contributed by atoms with Gasteiger partial charge in [-0.05, 0) is 31.5 Å². The molecule has 2 aromatic carbocycles. The van der Waals surface area contributed by atoms with Crippen molar-refractivity contribution >= 4 is 46.5 Å². The maximum atomic E-state index is 12.2. The number of amides is 1. The third-order valence-corrected chi connectivity index (χ3v) is 4.46. The SMILES string of the molecule is C[C@@H](OC(=O)CCCC(=O)Nc1ccc(Cl)c(Cl)c1)C(=O)c1ccccc1. The average Bonchev–Trinajstić information content (AvgIpc) is 2.64. The molecule has 0 bridgehead atoms. The van der Waals surface area contributed by atoms with E-state index in [9.17, 15) is 14.4 Å². The van der Waals surface area contributed by atoms with Crippen molar-refractivity contribution in [1.82, 2.24) is 0 Å². The Hall–Kier alpha value is -2.37. The molecule has 0 aliphatic heterocycles. The maximum Gasteiger partial charge on any atom is 0.306 e. The van der Waals surface area contributed by atoms with Gasteiger partial charge < -0.3 is 10.1 Å². The summed E-state index contributed by atoms with van der Waals surface area (Å²) in [6, 6.07) is 13.4. The summed E-state index contributed by atoms with van der Waals surface area (Å²) in [6.07, 6.45) is -0.388. The van der Waals surface area contributed by atoms with E-state index in [2.05, 4.69) is 5.32 Å². The highest BCUT2D eigenvalue weighted by molar-refractivity contribution is 6.42. The van der Waals surface area contributed by atoms with Gasteiger partial charge in [-0.2, -0.15) is 0 Å². The van der Waals surface area contributed by atoms with E-state index in [0.29, 0.717) is 27.7 Å². The molecule has 27 heavy (non-hydrogen) atoms. The molecule has 1 amide bonds. The molecule has 1 atom stereocenters. The number of anilines is 1. The number of benzene rings is 2. The Bertz CT molecular complexity index is 824. The van der Waals surface area contributed by atoms with Gasteiger partial charge in [0.15, 0.2) is 6.10 Å². The second-order valence-electron chi connectivity index (χ2n) is 5.89. The summed E-state index contributed by atoms with van der Waals surface area (Å²) in [5.74, 6) is -1.04. The van der Waals surface area contributed by atoms with Crippen LogP contribution in [0.25, 0.3) is 0 Å². The van der Waals surface area contributed by atoms with E-state index in [-0.39, 0.29) is 24.5 Å². The minimum atomic E-state index is -0.870. The first-order chi connectivity index (χ1) is 12.9. The Morgan fingerprint density at radius 2 is 1.70 bits per heavy atom. The number of esters is 1. The lowest BCUT2D eigenvalue weighted by Gasteiger charge is -2.12. The van der Waals surface area contributed by atoms with Crippen molar-refractivity contribution in [2.75, 3.05) is 5.32 Å². The molecule has 0 aliphatic rings. The fraction of sp³-hybridized carbons (Fsp3) is 0.250. The molecule has 0 heterocycles. The second-order valence-corrected chi connectivity index (χ2v) is 6.71. The number of rotatable bonds is 8. The van der Waals surface area contributed by atoms with Crippen molar-refractivity contribution in [3.8, 4) is 0 Å². The Labute approximate surface area is 167 Å². The maximum absolute atomic E-state index is 12.2. The number of hydrogen-bond donors (Lipinski definition) is 1. The highest BCUT2D eigenvalue weighted by Crippen LogP contribution is 2.25. The number of halogens is 2. The van der Waals surface area contributed by atoms with Gasteiger partial charge in [-0.1, -0.05) is 53.5 Å². The van der Waals surface area contributed by atoms with Gasteiger partial charge in [-0.25, -0.2) is 0 Å². The molecule has 0 fully saturated rings. The molecule has 0 saturated carbocycles. The lowest BCUT2D eigenvalue weighted by atomic mass is 10.1. The molecule has 142 valence electrons. The predicted molar refractivity (Wildman–Crippen MR) is 105 cm³/mol. The minimum Gasteiger partial charge on any atom is -0.454 e. The lowest BCUT2D eigenvalue weighted by Crippen LogP contribution is -2.24. The fourth-order valence-electron chi connectivity index (χ4n) is 2.34. The minimum absolute atomic E-state index is 0.0429. The van der Waals surface area contributed by atoms with Crippen LogP contribution in [0.1, 0.15) is 36.5 Å². The van der Waals surface area contributed by atoms with Crippen molar-refractivity contribution in [2.45, 2.75) is 32.3 Å². The van der Waals surface area contributed by atoms with E-state index in [1.54, 1.807) is 48.5 Å². The largest absolute Gasteiger partial charge is 0.454 e. The monoisotopic (exact) mass is 407 g/mol. The molecular formula is C20H19Cl2NO4. The zero-order valence-electron chi connectivity index (χ0n) is 14.7. The second kappa shape index (κ2) is 10.1. The first kappa shape index (κ1) is 20.9. The smallest absolute Gasteiger partial charge is 0.306 e. The Kier molecular flexibility index (Phi) is 7.82. The van der Waals surface area contributed by atoms with Crippen molar-refractivity contribution in [2.24, 2.45) is 0 Å². The van der Waals surface area contributed by atoms with Gasteiger partial charge in [0.1, 0.15) is 0 Å². The molecule has 5 nitrogen and oxygen atoms in total. The number of nitrogens with one attached hydrogen (secondary N) is 1. The van der Waals surface area contributed by atoms with E-state index in [1.807, 2.05) is 0 Å². The van der Waals surface area contributed by atoms with Crippen LogP contribution in [0.15, 0.2) is 48.5 Å². The summed E-state index contributed by atoms with van der Waals surface area (Å²) < 4.78 is 5.14. The number of hydrogen-bond acceptors (Lipinski definition) is 4. The van der Waals surface area contributed by atoms with E-state index >= 15 is 0 Å². The van der Waals surface area contributed by atoms with Gasteiger partial charge in [-0.15, -0.1) is 0 Å². The van der Waals surface area contributed by atoms with Crippen molar-refractivity contribution in [3.05, 3.63) is 64.1 Å². The van der Waals surface area contributed by atoms with Crippen LogP contribution in [0.3, 0.4) is 0 Å². The number of carbonyl (C=O) groups is 3. The number of ether oxygens (including phenoxy) is 1. The van der Waals surface area contributed by atoms with Gasteiger partial charge >= 0.3 is 5.97 Å². The van der Waals surface area contributed by atoms with Gasteiger partial charge in [0.05, 0.1) is 10.0 Å². The zero-order chi connectivity index (χ0) is 19.8. The molecular weight excluding hydrogens is 389 g/mol. The molecule has 0 spiro atoms. The Morgan fingerprint density at radius 3 is 2.37 bits per heavy atom. The van der Waals surface area contributed by atoms with Gasteiger partial charge in [-0.3, -0.25) is 14.4 Å². The van der Waals surface area contributed by atoms with Crippen LogP contribution >= 0.6 is 23.2 Å². The predicted octanol–water partition coefficient (Wildman–Crippen LogP) is 4.92. The highest BCUT2D eigenvalue weighted by atomic mass is 35.5. The fourth-order valence-corrected chi connectivity index (χ4v) is 2.64. The third-order valence-electron chi connectivity index (χ3n) is 3.72.